The molecular formula is C21H26N6O. The maximum atomic E-state index is 12.6. The van der Waals surface area contributed by atoms with E-state index in [0.29, 0.717) is 18.1 Å². The van der Waals surface area contributed by atoms with E-state index < -0.39 is 0 Å². The molecule has 0 saturated carbocycles. The van der Waals surface area contributed by atoms with Crippen LogP contribution < -0.4 is 4.90 Å². The quantitative estimate of drug-likeness (QED) is 0.683. The van der Waals surface area contributed by atoms with Gasteiger partial charge in [0.05, 0.1) is 0 Å². The minimum absolute atomic E-state index is 0.229. The normalized spacial score (nSPS) is 14.8. The molecule has 3 aromatic rings. The highest BCUT2D eigenvalue weighted by Crippen LogP contribution is 2.22. The number of nitrogens with zero attached hydrogens (tertiary/aromatic N) is 6. The van der Waals surface area contributed by atoms with Crippen molar-refractivity contribution < 1.29 is 4.79 Å². The Morgan fingerprint density at radius 1 is 1.11 bits per heavy atom. The van der Waals surface area contributed by atoms with Crippen LogP contribution in [-0.2, 0) is 11.2 Å². The van der Waals surface area contributed by atoms with E-state index in [2.05, 4.69) is 52.1 Å². The van der Waals surface area contributed by atoms with Gasteiger partial charge in [-0.05, 0) is 17.9 Å². The monoisotopic (exact) mass is 378 g/mol. The molecule has 2 aromatic heterocycles. The van der Waals surface area contributed by atoms with Crippen LogP contribution in [0.3, 0.4) is 0 Å². The molecule has 4 rings (SSSR count). The summed E-state index contributed by atoms with van der Waals surface area (Å²) in [6, 6.07) is 12.3. The molecule has 0 aliphatic carbocycles. The van der Waals surface area contributed by atoms with E-state index in [0.717, 1.165) is 44.1 Å². The highest BCUT2D eigenvalue weighted by Gasteiger charge is 2.23. The Morgan fingerprint density at radius 3 is 2.57 bits per heavy atom. The molecule has 0 atom stereocenters. The van der Waals surface area contributed by atoms with Crippen LogP contribution >= 0.6 is 0 Å². The summed E-state index contributed by atoms with van der Waals surface area (Å²) in [4.78, 5) is 21.4. The predicted molar refractivity (Wildman–Crippen MR) is 108 cm³/mol. The van der Waals surface area contributed by atoms with Crippen molar-refractivity contribution in [3.05, 3.63) is 54.0 Å². The van der Waals surface area contributed by atoms with Crippen molar-refractivity contribution in [2.24, 2.45) is 0 Å². The SMILES string of the molecule is CC(C)c1cc(N2CCN(C(=O)CCc3ccccc3)CC2)nc2nncn12. The van der Waals surface area contributed by atoms with E-state index >= 15 is 0 Å². The molecule has 1 saturated heterocycles. The second-order valence-corrected chi connectivity index (χ2v) is 7.55. The zero-order valence-electron chi connectivity index (χ0n) is 16.5. The van der Waals surface area contributed by atoms with Crippen molar-refractivity contribution >= 4 is 17.5 Å². The van der Waals surface area contributed by atoms with Crippen molar-refractivity contribution in [3.63, 3.8) is 0 Å². The van der Waals surface area contributed by atoms with Crippen molar-refractivity contribution in [2.75, 3.05) is 31.1 Å². The highest BCUT2D eigenvalue weighted by atomic mass is 16.2. The molecule has 1 aromatic carbocycles. The fourth-order valence-corrected chi connectivity index (χ4v) is 3.67. The van der Waals surface area contributed by atoms with Crippen LogP contribution in [-0.4, -0.2) is 56.6 Å². The number of fused-ring (bicyclic) bond motifs is 1. The third-order valence-corrected chi connectivity index (χ3v) is 5.32. The largest absolute Gasteiger partial charge is 0.353 e. The molecule has 28 heavy (non-hydrogen) atoms. The molecule has 1 fully saturated rings. The number of aryl methyl sites for hydroxylation is 1. The minimum Gasteiger partial charge on any atom is -0.353 e. The molecule has 1 amide bonds. The Kier molecular flexibility index (Phi) is 5.23. The second kappa shape index (κ2) is 7.96. The fourth-order valence-electron chi connectivity index (χ4n) is 3.67. The van der Waals surface area contributed by atoms with Crippen LogP contribution in [0.2, 0.25) is 0 Å². The van der Waals surface area contributed by atoms with Gasteiger partial charge < -0.3 is 9.80 Å². The van der Waals surface area contributed by atoms with E-state index in [1.54, 1.807) is 6.33 Å². The van der Waals surface area contributed by atoms with Gasteiger partial charge in [0.1, 0.15) is 12.1 Å². The molecule has 3 heterocycles. The number of aromatic nitrogens is 4. The number of rotatable bonds is 5. The zero-order chi connectivity index (χ0) is 19.5. The van der Waals surface area contributed by atoms with Crippen LogP contribution in [0.25, 0.3) is 5.78 Å². The summed E-state index contributed by atoms with van der Waals surface area (Å²) in [6.07, 6.45) is 3.07. The van der Waals surface area contributed by atoms with Crippen LogP contribution in [0.15, 0.2) is 42.7 Å². The van der Waals surface area contributed by atoms with Gasteiger partial charge in [-0.3, -0.25) is 9.20 Å². The van der Waals surface area contributed by atoms with E-state index in [1.165, 1.54) is 5.56 Å². The predicted octanol–water partition coefficient (Wildman–Crippen LogP) is 2.53. The fraction of sp³-hybridized carbons (Fsp3) is 0.429. The average Bonchev–Trinajstić information content (AvgIpc) is 3.20. The summed E-state index contributed by atoms with van der Waals surface area (Å²) in [5.74, 6) is 2.12. The molecule has 0 N–H and O–H groups in total. The summed E-state index contributed by atoms with van der Waals surface area (Å²) in [7, 11) is 0. The van der Waals surface area contributed by atoms with Gasteiger partial charge in [-0.1, -0.05) is 44.2 Å². The maximum absolute atomic E-state index is 12.6. The minimum atomic E-state index is 0.229. The Balaban J connectivity index is 1.39. The van der Waals surface area contributed by atoms with Gasteiger partial charge in [-0.25, -0.2) is 0 Å². The Bertz CT molecular complexity index is 944. The van der Waals surface area contributed by atoms with Crippen LogP contribution in [0.1, 0.15) is 37.4 Å². The summed E-state index contributed by atoms with van der Waals surface area (Å²) in [6.45, 7) is 7.33. The summed E-state index contributed by atoms with van der Waals surface area (Å²) < 4.78 is 1.94. The molecule has 1 aliphatic heterocycles. The third kappa shape index (κ3) is 3.83. The van der Waals surface area contributed by atoms with Gasteiger partial charge in [0, 0.05) is 44.4 Å². The zero-order valence-corrected chi connectivity index (χ0v) is 16.5. The molecule has 146 valence electrons. The molecule has 0 radical (unpaired) electrons. The smallest absolute Gasteiger partial charge is 0.256 e. The van der Waals surface area contributed by atoms with E-state index in [-0.39, 0.29) is 5.91 Å². The van der Waals surface area contributed by atoms with Crippen molar-refractivity contribution in [2.45, 2.75) is 32.6 Å². The lowest BCUT2D eigenvalue weighted by Gasteiger charge is -2.35. The average molecular weight is 378 g/mol. The maximum Gasteiger partial charge on any atom is 0.256 e. The Hall–Kier alpha value is -2.96. The van der Waals surface area contributed by atoms with E-state index in [1.807, 2.05) is 27.5 Å². The number of hydrogen-bond donors (Lipinski definition) is 0. The van der Waals surface area contributed by atoms with Crippen LogP contribution in [0.4, 0.5) is 5.82 Å². The first-order valence-corrected chi connectivity index (χ1v) is 9.89. The Labute approximate surface area is 165 Å². The summed E-state index contributed by atoms with van der Waals surface area (Å²) in [5.41, 5.74) is 2.35. The molecule has 0 unspecified atom stereocenters. The molecule has 0 bridgehead atoms. The lowest BCUT2D eigenvalue weighted by atomic mass is 10.1. The molecule has 1 aliphatic rings. The van der Waals surface area contributed by atoms with E-state index in [4.69, 9.17) is 0 Å². The number of benzene rings is 1. The van der Waals surface area contributed by atoms with Crippen molar-refractivity contribution in [1.29, 1.82) is 0 Å². The third-order valence-electron chi connectivity index (χ3n) is 5.32. The van der Waals surface area contributed by atoms with Crippen molar-refractivity contribution in [3.8, 4) is 0 Å². The van der Waals surface area contributed by atoms with Gasteiger partial charge >= 0.3 is 0 Å². The Morgan fingerprint density at radius 2 is 1.86 bits per heavy atom. The topological polar surface area (TPSA) is 66.6 Å². The number of amides is 1. The first kappa shape index (κ1) is 18.4. The van der Waals surface area contributed by atoms with E-state index in [9.17, 15) is 4.79 Å². The summed E-state index contributed by atoms with van der Waals surface area (Å²) in [5, 5.41) is 8.11. The molecule has 7 heteroatoms. The first-order chi connectivity index (χ1) is 13.6. The lowest BCUT2D eigenvalue weighted by molar-refractivity contribution is -0.131. The van der Waals surface area contributed by atoms with Crippen molar-refractivity contribution in [1.82, 2.24) is 24.5 Å². The van der Waals surface area contributed by atoms with Crippen LogP contribution in [0, 0.1) is 0 Å². The van der Waals surface area contributed by atoms with Crippen LogP contribution in [0.5, 0.6) is 0 Å². The number of piperazine rings is 1. The lowest BCUT2D eigenvalue weighted by Crippen LogP contribution is -2.49. The number of carbonyl (C=O) groups is 1. The second-order valence-electron chi connectivity index (χ2n) is 7.55. The summed E-state index contributed by atoms with van der Waals surface area (Å²) >= 11 is 0. The molecule has 7 nitrogen and oxygen atoms in total. The van der Waals surface area contributed by atoms with Gasteiger partial charge in [0.15, 0.2) is 0 Å². The van der Waals surface area contributed by atoms with Gasteiger partial charge in [0.25, 0.3) is 5.78 Å². The molecule has 0 spiro atoms. The standard InChI is InChI=1S/C21H26N6O/c1-16(2)18-14-19(23-21-24-22-15-27(18)21)25-10-12-26(13-11-25)20(28)9-8-17-6-4-3-5-7-17/h3-7,14-16H,8-13H2,1-2H3. The molecular weight excluding hydrogens is 352 g/mol. The van der Waals surface area contributed by atoms with Gasteiger partial charge in [-0.2, -0.15) is 4.98 Å². The van der Waals surface area contributed by atoms with Gasteiger partial charge in [0.2, 0.25) is 5.91 Å². The number of hydrogen-bond acceptors (Lipinski definition) is 5. The highest BCUT2D eigenvalue weighted by molar-refractivity contribution is 5.76. The number of carbonyl (C=O) groups excluding carboxylic acids is 1. The first-order valence-electron chi connectivity index (χ1n) is 9.89. The number of anilines is 1. The van der Waals surface area contributed by atoms with Gasteiger partial charge in [-0.15, -0.1) is 10.2 Å².